The van der Waals surface area contributed by atoms with Gasteiger partial charge in [-0.05, 0) is 54.4 Å². The summed E-state index contributed by atoms with van der Waals surface area (Å²) in [6.45, 7) is 2.58. The van der Waals surface area contributed by atoms with E-state index < -0.39 is 0 Å². The van der Waals surface area contributed by atoms with E-state index in [0.717, 1.165) is 22.6 Å². The number of hydrogen-bond donors (Lipinski definition) is 1. The summed E-state index contributed by atoms with van der Waals surface area (Å²) in [5.41, 5.74) is 4.55. The molecule has 6 heteroatoms. The molecular weight excluding hydrogens is 344 g/mol. The lowest BCUT2D eigenvalue weighted by Gasteiger charge is -2.03. The molecule has 2 rings (SSSR count). The van der Waals surface area contributed by atoms with Crippen molar-refractivity contribution in [2.24, 2.45) is 5.10 Å². The van der Waals surface area contributed by atoms with Crippen LogP contribution in [-0.4, -0.2) is 24.5 Å². The van der Waals surface area contributed by atoms with Gasteiger partial charge in [0.1, 0.15) is 5.75 Å². The first-order chi connectivity index (χ1) is 11.7. The van der Waals surface area contributed by atoms with Gasteiger partial charge in [0.25, 0.3) is 0 Å². The van der Waals surface area contributed by atoms with Crippen molar-refractivity contribution < 1.29 is 9.53 Å². The van der Waals surface area contributed by atoms with Crippen molar-refractivity contribution in [3.63, 3.8) is 0 Å². The maximum atomic E-state index is 11.7. The van der Waals surface area contributed by atoms with Crippen LogP contribution in [0.25, 0.3) is 0 Å². The number of halogens is 1. The first-order valence-corrected chi connectivity index (χ1v) is 9.07. The van der Waals surface area contributed by atoms with Crippen LogP contribution in [0.1, 0.15) is 18.1 Å². The first-order valence-electron chi connectivity index (χ1n) is 7.54. The molecule has 0 fully saturated rings. The van der Waals surface area contributed by atoms with Crippen LogP contribution in [0.3, 0.4) is 0 Å². The maximum absolute atomic E-state index is 11.7. The van der Waals surface area contributed by atoms with Crippen LogP contribution < -0.4 is 10.2 Å². The Bertz CT molecular complexity index is 672. The normalized spacial score (nSPS) is 10.8. The van der Waals surface area contributed by atoms with Crippen molar-refractivity contribution in [3.8, 4) is 5.75 Å². The van der Waals surface area contributed by atoms with Crippen molar-refractivity contribution in [2.45, 2.75) is 12.7 Å². The molecule has 0 aliphatic rings. The summed E-state index contributed by atoms with van der Waals surface area (Å²) in [7, 11) is 0. The van der Waals surface area contributed by atoms with E-state index in [1.165, 1.54) is 11.8 Å². The van der Waals surface area contributed by atoms with Crippen LogP contribution in [0, 0.1) is 0 Å². The van der Waals surface area contributed by atoms with Crippen LogP contribution in [0.5, 0.6) is 5.75 Å². The van der Waals surface area contributed by atoms with Gasteiger partial charge in [-0.3, -0.25) is 4.79 Å². The number of carbonyl (C=O) groups excluding carboxylic acids is 1. The number of carbonyl (C=O) groups is 1. The largest absolute Gasteiger partial charge is 0.494 e. The Labute approximate surface area is 151 Å². The summed E-state index contributed by atoms with van der Waals surface area (Å²) in [6, 6.07) is 15.1. The quantitative estimate of drug-likeness (QED) is 0.567. The summed E-state index contributed by atoms with van der Waals surface area (Å²) in [6.07, 6.45) is 1.61. The summed E-state index contributed by atoms with van der Waals surface area (Å²) in [4.78, 5) is 11.7. The Hall–Kier alpha value is -1.98. The highest BCUT2D eigenvalue weighted by Gasteiger charge is 2.01. The van der Waals surface area contributed by atoms with Crippen LogP contribution in [0.2, 0.25) is 5.02 Å². The molecule has 0 saturated carbocycles. The zero-order valence-corrected chi connectivity index (χ0v) is 14.9. The van der Waals surface area contributed by atoms with E-state index >= 15 is 0 Å². The molecule has 0 spiro atoms. The number of thioether (sulfide) groups is 1. The molecule has 0 bridgehead atoms. The van der Waals surface area contributed by atoms with Crippen molar-refractivity contribution in [3.05, 3.63) is 64.7 Å². The average molecular weight is 363 g/mol. The second kappa shape index (κ2) is 10.0. The fraction of sp³-hybridized carbons (Fsp3) is 0.222. The molecule has 0 unspecified atom stereocenters. The van der Waals surface area contributed by atoms with Gasteiger partial charge in [0.2, 0.25) is 5.91 Å². The number of rotatable bonds is 8. The van der Waals surface area contributed by atoms with E-state index in [0.29, 0.717) is 17.4 Å². The lowest BCUT2D eigenvalue weighted by molar-refractivity contribution is -0.118. The predicted octanol–water partition coefficient (Wildman–Crippen LogP) is 4.12. The summed E-state index contributed by atoms with van der Waals surface area (Å²) in [5, 5.41) is 4.67. The highest BCUT2D eigenvalue weighted by atomic mass is 35.5. The zero-order chi connectivity index (χ0) is 17.2. The lowest BCUT2D eigenvalue weighted by atomic mass is 10.2. The van der Waals surface area contributed by atoms with E-state index in [1.54, 1.807) is 6.21 Å². The highest BCUT2D eigenvalue weighted by molar-refractivity contribution is 7.99. The van der Waals surface area contributed by atoms with Crippen LogP contribution in [0.15, 0.2) is 53.6 Å². The van der Waals surface area contributed by atoms with Gasteiger partial charge in [0, 0.05) is 10.8 Å². The minimum Gasteiger partial charge on any atom is -0.494 e. The van der Waals surface area contributed by atoms with Gasteiger partial charge in [-0.1, -0.05) is 23.7 Å². The van der Waals surface area contributed by atoms with E-state index in [-0.39, 0.29) is 5.91 Å². The average Bonchev–Trinajstić information content (AvgIpc) is 2.58. The third-order valence-corrected chi connectivity index (χ3v) is 4.26. The van der Waals surface area contributed by atoms with E-state index in [9.17, 15) is 4.79 Å². The van der Waals surface area contributed by atoms with Gasteiger partial charge in [-0.25, -0.2) is 5.43 Å². The molecule has 0 radical (unpaired) electrons. The Morgan fingerprint density at radius 2 is 1.92 bits per heavy atom. The number of amides is 1. The molecule has 0 aromatic heterocycles. The van der Waals surface area contributed by atoms with Crippen LogP contribution in [-0.2, 0) is 10.5 Å². The molecule has 0 saturated heterocycles. The number of nitrogens with zero attached hydrogens (tertiary/aromatic N) is 1. The van der Waals surface area contributed by atoms with Gasteiger partial charge >= 0.3 is 0 Å². The molecule has 0 atom stereocenters. The maximum Gasteiger partial charge on any atom is 0.250 e. The van der Waals surface area contributed by atoms with Gasteiger partial charge in [0.05, 0.1) is 18.6 Å². The molecule has 0 aliphatic carbocycles. The Kier molecular flexibility index (Phi) is 7.65. The topological polar surface area (TPSA) is 50.7 Å². The van der Waals surface area contributed by atoms with Crippen molar-refractivity contribution >= 4 is 35.5 Å². The summed E-state index contributed by atoms with van der Waals surface area (Å²) < 4.78 is 5.37. The summed E-state index contributed by atoms with van der Waals surface area (Å²) >= 11 is 7.36. The molecule has 0 heterocycles. The van der Waals surface area contributed by atoms with Gasteiger partial charge in [-0.2, -0.15) is 5.10 Å². The number of hydrogen-bond acceptors (Lipinski definition) is 4. The van der Waals surface area contributed by atoms with Gasteiger partial charge in [0.15, 0.2) is 0 Å². The third kappa shape index (κ3) is 6.64. The van der Waals surface area contributed by atoms with E-state index in [2.05, 4.69) is 10.5 Å². The molecule has 0 aliphatic heterocycles. The summed E-state index contributed by atoms with van der Waals surface area (Å²) in [5.74, 6) is 1.80. The molecule has 2 aromatic rings. The monoisotopic (exact) mass is 362 g/mol. The standard InChI is InChI=1S/C18H19ClN2O2S/c1-2-23-17-9-5-14(6-10-17)11-20-21-18(22)13-24-12-15-3-7-16(19)8-4-15/h3-11H,2,12-13H2,1H3,(H,21,22)/b20-11-. The fourth-order valence-electron chi connectivity index (χ4n) is 1.87. The number of hydrazone groups is 1. The van der Waals surface area contributed by atoms with Crippen molar-refractivity contribution in [1.82, 2.24) is 5.43 Å². The SMILES string of the molecule is CCOc1ccc(/C=N\NC(=O)CSCc2ccc(Cl)cc2)cc1. The van der Waals surface area contributed by atoms with E-state index in [1.807, 2.05) is 55.5 Å². The van der Waals surface area contributed by atoms with Crippen molar-refractivity contribution in [2.75, 3.05) is 12.4 Å². The Balaban J connectivity index is 1.69. The second-order valence-corrected chi connectivity index (χ2v) is 6.34. The van der Waals surface area contributed by atoms with Crippen LogP contribution in [0.4, 0.5) is 0 Å². The number of ether oxygens (including phenoxy) is 1. The number of nitrogens with one attached hydrogen (secondary N) is 1. The number of benzene rings is 2. The molecule has 4 nitrogen and oxygen atoms in total. The third-order valence-electron chi connectivity index (χ3n) is 3.01. The second-order valence-electron chi connectivity index (χ2n) is 4.91. The molecule has 126 valence electrons. The van der Waals surface area contributed by atoms with E-state index in [4.69, 9.17) is 16.3 Å². The molecule has 24 heavy (non-hydrogen) atoms. The lowest BCUT2D eigenvalue weighted by Crippen LogP contribution is -2.19. The Morgan fingerprint density at radius 1 is 1.21 bits per heavy atom. The van der Waals surface area contributed by atoms with Gasteiger partial charge < -0.3 is 4.74 Å². The molecule has 2 aromatic carbocycles. The van der Waals surface area contributed by atoms with Crippen molar-refractivity contribution in [1.29, 1.82) is 0 Å². The Morgan fingerprint density at radius 3 is 2.58 bits per heavy atom. The minimum absolute atomic E-state index is 0.129. The first kappa shape index (κ1) is 18.4. The minimum atomic E-state index is -0.129. The molecule has 1 amide bonds. The highest BCUT2D eigenvalue weighted by Crippen LogP contribution is 2.15. The predicted molar refractivity (Wildman–Crippen MR) is 101 cm³/mol. The van der Waals surface area contributed by atoms with Gasteiger partial charge in [-0.15, -0.1) is 11.8 Å². The molecular formula is C18H19ClN2O2S. The molecule has 1 N–H and O–H groups in total. The zero-order valence-electron chi connectivity index (χ0n) is 13.4. The smallest absolute Gasteiger partial charge is 0.250 e. The van der Waals surface area contributed by atoms with Crippen LogP contribution >= 0.6 is 23.4 Å². The fourth-order valence-corrected chi connectivity index (χ4v) is 2.78.